The summed E-state index contributed by atoms with van der Waals surface area (Å²) in [6, 6.07) is 1.88. The topological polar surface area (TPSA) is 38.3 Å². The van der Waals surface area contributed by atoms with Crippen molar-refractivity contribution in [2.75, 3.05) is 13.2 Å². The van der Waals surface area contributed by atoms with Crippen LogP contribution in [0.5, 0.6) is 0 Å². The molecule has 0 bridgehead atoms. The Bertz CT molecular complexity index is 345. The van der Waals surface area contributed by atoms with Crippen LogP contribution >= 0.6 is 27.3 Å². The van der Waals surface area contributed by atoms with Crippen molar-refractivity contribution in [3.8, 4) is 0 Å². The van der Waals surface area contributed by atoms with Crippen LogP contribution in [0, 0.1) is 6.92 Å². The quantitative estimate of drug-likeness (QED) is 0.908. The molecule has 3 nitrogen and oxygen atoms in total. The summed E-state index contributed by atoms with van der Waals surface area (Å²) >= 11 is 4.85. The smallest absolute Gasteiger partial charge is 0.261 e. The van der Waals surface area contributed by atoms with Gasteiger partial charge in [-0.25, -0.2) is 0 Å². The van der Waals surface area contributed by atoms with Crippen LogP contribution in [0.25, 0.3) is 0 Å². The van der Waals surface area contributed by atoms with Gasteiger partial charge in [0.2, 0.25) is 0 Å². The molecule has 0 aliphatic heterocycles. The van der Waals surface area contributed by atoms with Crippen molar-refractivity contribution in [1.82, 2.24) is 5.32 Å². The molecule has 1 amide bonds. The molecule has 0 fully saturated rings. The molecular weight excluding hydrogens is 290 g/mol. The average Bonchev–Trinajstić information content (AvgIpc) is 2.56. The van der Waals surface area contributed by atoms with Crippen LogP contribution in [-0.2, 0) is 4.74 Å². The molecule has 5 heteroatoms. The van der Waals surface area contributed by atoms with Gasteiger partial charge in [0.15, 0.2) is 0 Å². The molecule has 1 unspecified atom stereocenters. The first-order chi connectivity index (χ1) is 7.54. The zero-order valence-electron chi connectivity index (χ0n) is 9.67. The minimum Gasteiger partial charge on any atom is -0.377 e. The lowest BCUT2D eigenvalue weighted by Gasteiger charge is -2.11. The second-order valence-electron chi connectivity index (χ2n) is 3.54. The van der Waals surface area contributed by atoms with E-state index in [1.54, 1.807) is 0 Å². The van der Waals surface area contributed by atoms with E-state index in [-0.39, 0.29) is 12.0 Å². The van der Waals surface area contributed by atoms with Crippen molar-refractivity contribution in [3.05, 3.63) is 20.3 Å². The monoisotopic (exact) mass is 305 g/mol. The van der Waals surface area contributed by atoms with Crippen molar-refractivity contribution in [2.45, 2.75) is 26.9 Å². The van der Waals surface area contributed by atoms with Gasteiger partial charge in [-0.05, 0) is 48.3 Å². The van der Waals surface area contributed by atoms with Crippen molar-refractivity contribution in [1.29, 1.82) is 0 Å². The van der Waals surface area contributed by atoms with Crippen LogP contribution < -0.4 is 5.32 Å². The average molecular weight is 306 g/mol. The maximum atomic E-state index is 11.7. The molecule has 1 N–H and O–H groups in total. The largest absolute Gasteiger partial charge is 0.377 e. The summed E-state index contributed by atoms with van der Waals surface area (Å²) in [5.41, 5.74) is 1.09. The molecular formula is C11H16BrNO2S. The Morgan fingerprint density at radius 2 is 2.38 bits per heavy atom. The van der Waals surface area contributed by atoms with Gasteiger partial charge < -0.3 is 10.1 Å². The fourth-order valence-electron chi connectivity index (χ4n) is 1.24. The third-order valence-electron chi connectivity index (χ3n) is 2.08. The number of ether oxygens (including phenoxy) is 1. The van der Waals surface area contributed by atoms with Gasteiger partial charge in [-0.15, -0.1) is 11.3 Å². The molecule has 0 radical (unpaired) electrons. The number of rotatable bonds is 5. The van der Waals surface area contributed by atoms with Crippen LogP contribution in [-0.4, -0.2) is 25.2 Å². The summed E-state index contributed by atoms with van der Waals surface area (Å²) in [4.78, 5) is 12.5. The van der Waals surface area contributed by atoms with E-state index in [9.17, 15) is 4.79 Å². The highest BCUT2D eigenvalue weighted by atomic mass is 79.9. The number of aryl methyl sites for hydroxylation is 1. The van der Waals surface area contributed by atoms with Crippen molar-refractivity contribution < 1.29 is 9.53 Å². The summed E-state index contributed by atoms with van der Waals surface area (Å²) in [6.45, 7) is 7.07. The Labute approximate surface area is 108 Å². The molecule has 1 atom stereocenters. The van der Waals surface area contributed by atoms with Gasteiger partial charge in [0.05, 0.1) is 14.8 Å². The third-order valence-corrected chi connectivity index (χ3v) is 4.22. The van der Waals surface area contributed by atoms with Gasteiger partial charge in [0, 0.05) is 13.2 Å². The lowest BCUT2D eigenvalue weighted by Crippen LogP contribution is -2.31. The molecule has 0 saturated heterocycles. The molecule has 0 aliphatic carbocycles. The number of carbonyl (C=O) groups excluding carboxylic acids is 1. The fraction of sp³-hybridized carbons (Fsp3) is 0.545. The molecule has 16 heavy (non-hydrogen) atoms. The highest BCUT2D eigenvalue weighted by Crippen LogP contribution is 2.27. The van der Waals surface area contributed by atoms with Crippen LogP contribution in [0.2, 0.25) is 0 Å². The molecule has 1 rings (SSSR count). The van der Waals surface area contributed by atoms with E-state index in [0.717, 1.165) is 14.2 Å². The lowest BCUT2D eigenvalue weighted by atomic mass is 10.3. The van der Waals surface area contributed by atoms with Gasteiger partial charge in [0.25, 0.3) is 5.91 Å². The van der Waals surface area contributed by atoms with Crippen molar-refractivity contribution in [3.63, 3.8) is 0 Å². The fourth-order valence-corrected chi connectivity index (χ4v) is 2.69. The summed E-state index contributed by atoms with van der Waals surface area (Å²) in [6.07, 6.45) is 0.0541. The third kappa shape index (κ3) is 3.88. The Balaban J connectivity index is 2.46. The maximum Gasteiger partial charge on any atom is 0.261 e. The van der Waals surface area contributed by atoms with Crippen LogP contribution in [0.1, 0.15) is 29.1 Å². The number of nitrogens with one attached hydrogen (secondary N) is 1. The highest BCUT2D eigenvalue weighted by Gasteiger charge is 2.11. The van der Waals surface area contributed by atoms with E-state index in [4.69, 9.17) is 4.74 Å². The summed E-state index contributed by atoms with van der Waals surface area (Å²) in [7, 11) is 0. The zero-order valence-corrected chi connectivity index (χ0v) is 12.1. The number of amides is 1. The Kier molecular flexibility index (Phi) is 5.44. The Morgan fingerprint density at radius 3 is 2.88 bits per heavy atom. The normalized spacial score (nSPS) is 12.5. The molecule has 1 heterocycles. The van der Waals surface area contributed by atoms with Crippen LogP contribution in [0.4, 0.5) is 0 Å². The van der Waals surface area contributed by atoms with Gasteiger partial charge in [0.1, 0.15) is 0 Å². The summed E-state index contributed by atoms with van der Waals surface area (Å²) in [5, 5.41) is 2.85. The van der Waals surface area contributed by atoms with Crippen LogP contribution in [0.3, 0.4) is 0 Å². The highest BCUT2D eigenvalue weighted by molar-refractivity contribution is 9.11. The second-order valence-corrected chi connectivity index (χ2v) is 5.91. The van der Waals surface area contributed by atoms with Gasteiger partial charge in [-0.2, -0.15) is 0 Å². The minimum absolute atomic E-state index is 0.0367. The SMILES string of the molecule is CCOC(C)CNC(=O)c1cc(C)c(Br)s1. The zero-order chi connectivity index (χ0) is 12.1. The molecule has 0 spiro atoms. The number of hydrogen-bond donors (Lipinski definition) is 1. The number of hydrogen-bond acceptors (Lipinski definition) is 3. The molecule has 1 aromatic heterocycles. The van der Waals surface area contributed by atoms with E-state index >= 15 is 0 Å². The lowest BCUT2D eigenvalue weighted by molar-refractivity contribution is 0.0696. The molecule has 90 valence electrons. The van der Waals surface area contributed by atoms with Gasteiger partial charge in [-0.3, -0.25) is 4.79 Å². The maximum absolute atomic E-state index is 11.7. The predicted molar refractivity (Wildman–Crippen MR) is 70.2 cm³/mol. The van der Waals surface area contributed by atoms with Crippen LogP contribution in [0.15, 0.2) is 9.85 Å². The molecule has 0 saturated carbocycles. The first-order valence-corrected chi connectivity index (χ1v) is 6.81. The number of thiophene rings is 1. The minimum atomic E-state index is -0.0367. The molecule has 0 aromatic carbocycles. The standard InChI is InChI=1S/C11H16BrNO2S/c1-4-15-8(3)6-13-11(14)9-5-7(2)10(12)16-9/h5,8H,4,6H2,1-3H3,(H,13,14). The van der Waals surface area contributed by atoms with E-state index in [1.165, 1.54) is 11.3 Å². The van der Waals surface area contributed by atoms with E-state index in [2.05, 4.69) is 21.2 Å². The number of halogens is 1. The summed E-state index contributed by atoms with van der Waals surface area (Å²) < 4.78 is 6.35. The van der Waals surface area contributed by atoms with Crippen molar-refractivity contribution >= 4 is 33.2 Å². The van der Waals surface area contributed by atoms with Gasteiger partial charge >= 0.3 is 0 Å². The second kappa shape index (κ2) is 6.37. The summed E-state index contributed by atoms with van der Waals surface area (Å²) in [5.74, 6) is -0.0367. The number of carbonyl (C=O) groups is 1. The van der Waals surface area contributed by atoms with E-state index in [1.807, 2.05) is 26.8 Å². The Hall–Kier alpha value is -0.390. The van der Waals surface area contributed by atoms with E-state index in [0.29, 0.717) is 13.2 Å². The van der Waals surface area contributed by atoms with Gasteiger partial charge in [-0.1, -0.05) is 0 Å². The molecule has 0 aliphatic rings. The van der Waals surface area contributed by atoms with Crippen molar-refractivity contribution in [2.24, 2.45) is 0 Å². The van der Waals surface area contributed by atoms with E-state index < -0.39 is 0 Å². The molecule has 1 aromatic rings. The first kappa shape index (κ1) is 13.7. The first-order valence-electron chi connectivity index (χ1n) is 5.20. The Morgan fingerprint density at radius 1 is 1.69 bits per heavy atom. The predicted octanol–water partition coefficient (Wildman–Crippen LogP) is 2.97.